The summed E-state index contributed by atoms with van der Waals surface area (Å²) in [5.74, 6) is 0.773. The lowest BCUT2D eigenvalue weighted by molar-refractivity contribution is -0.136. The standard InChI is InChI=1S/C20H25ClO3/c21-19-12-17(10-8-15(19)9-11-20(22)23)24-13-16-4-1-2-7-18(16)14-5-3-6-14/h8,10,12,14H,1-7,9,11,13H2,(H,22,23). The van der Waals surface area contributed by atoms with E-state index in [9.17, 15) is 4.79 Å². The third kappa shape index (κ3) is 4.32. The Morgan fingerprint density at radius 2 is 2.00 bits per heavy atom. The number of allylic oxidation sites excluding steroid dienone is 1. The van der Waals surface area contributed by atoms with E-state index in [0.717, 1.165) is 23.7 Å². The van der Waals surface area contributed by atoms with Crippen molar-refractivity contribution in [2.75, 3.05) is 6.61 Å². The van der Waals surface area contributed by atoms with Crippen molar-refractivity contribution in [3.63, 3.8) is 0 Å². The van der Waals surface area contributed by atoms with Gasteiger partial charge in [0.15, 0.2) is 0 Å². The summed E-state index contributed by atoms with van der Waals surface area (Å²) in [5.41, 5.74) is 4.02. The minimum atomic E-state index is -0.806. The summed E-state index contributed by atoms with van der Waals surface area (Å²) in [6.45, 7) is 0.663. The van der Waals surface area contributed by atoms with Gasteiger partial charge >= 0.3 is 5.97 Å². The first kappa shape index (κ1) is 17.3. The van der Waals surface area contributed by atoms with Crippen LogP contribution in [0.5, 0.6) is 5.75 Å². The van der Waals surface area contributed by atoms with E-state index < -0.39 is 5.97 Å². The van der Waals surface area contributed by atoms with Crippen LogP contribution in [-0.4, -0.2) is 17.7 Å². The van der Waals surface area contributed by atoms with E-state index in [1.54, 1.807) is 5.57 Å². The molecule has 0 atom stereocenters. The lowest BCUT2D eigenvalue weighted by Gasteiger charge is -2.33. The maximum absolute atomic E-state index is 10.7. The molecule has 2 aliphatic carbocycles. The maximum Gasteiger partial charge on any atom is 0.303 e. The van der Waals surface area contributed by atoms with Gasteiger partial charge in [0.2, 0.25) is 0 Å². The highest BCUT2D eigenvalue weighted by molar-refractivity contribution is 6.31. The van der Waals surface area contributed by atoms with Gasteiger partial charge in [0.25, 0.3) is 0 Å². The zero-order valence-electron chi connectivity index (χ0n) is 14.0. The van der Waals surface area contributed by atoms with Crippen LogP contribution < -0.4 is 4.74 Å². The third-order valence-electron chi connectivity index (χ3n) is 5.27. The van der Waals surface area contributed by atoms with Crippen LogP contribution in [0.4, 0.5) is 0 Å². The van der Waals surface area contributed by atoms with Crippen LogP contribution in [0.15, 0.2) is 29.3 Å². The van der Waals surface area contributed by atoms with Gasteiger partial charge in [-0.05, 0) is 74.1 Å². The van der Waals surface area contributed by atoms with Crippen molar-refractivity contribution in [2.45, 2.75) is 57.8 Å². The van der Waals surface area contributed by atoms with E-state index in [2.05, 4.69) is 0 Å². The van der Waals surface area contributed by atoms with Crippen LogP contribution in [0, 0.1) is 5.92 Å². The molecule has 3 rings (SSSR count). The highest BCUT2D eigenvalue weighted by Crippen LogP contribution is 2.40. The lowest BCUT2D eigenvalue weighted by atomic mass is 9.73. The van der Waals surface area contributed by atoms with Crippen LogP contribution in [0.1, 0.15) is 56.9 Å². The number of carbonyl (C=O) groups is 1. The van der Waals surface area contributed by atoms with Crippen LogP contribution in [-0.2, 0) is 11.2 Å². The summed E-state index contributed by atoms with van der Waals surface area (Å²) in [4.78, 5) is 10.7. The Morgan fingerprint density at radius 3 is 2.67 bits per heavy atom. The number of hydrogen-bond acceptors (Lipinski definition) is 2. The number of rotatable bonds is 7. The van der Waals surface area contributed by atoms with Gasteiger partial charge in [-0.25, -0.2) is 0 Å². The number of carboxylic acids is 1. The van der Waals surface area contributed by atoms with Crippen LogP contribution in [0.3, 0.4) is 0 Å². The molecule has 0 bridgehead atoms. The van der Waals surface area contributed by atoms with Crippen LogP contribution >= 0.6 is 11.6 Å². The van der Waals surface area contributed by atoms with Crippen molar-refractivity contribution in [1.82, 2.24) is 0 Å². The fourth-order valence-electron chi connectivity index (χ4n) is 3.64. The second-order valence-electron chi connectivity index (χ2n) is 6.90. The van der Waals surface area contributed by atoms with Gasteiger partial charge in [-0.15, -0.1) is 0 Å². The number of hydrogen-bond donors (Lipinski definition) is 1. The second kappa shape index (κ2) is 8.06. The molecule has 0 saturated heterocycles. The molecule has 1 aromatic rings. The summed E-state index contributed by atoms with van der Waals surface area (Å²) >= 11 is 6.26. The normalized spacial score (nSPS) is 18.4. The average Bonchev–Trinajstić information content (AvgIpc) is 2.51. The number of ether oxygens (including phenoxy) is 1. The average molecular weight is 349 g/mol. The third-order valence-corrected chi connectivity index (χ3v) is 5.62. The molecule has 0 heterocycles. The lowest BCUT2D eigenvalue weighted by Crippen LogP contribution is -2.20. The fourth-order valence-corrected chi connectivity index (χ4v) is 3.90. The molecule has 130 valence electrons. The molecule has 1 fully saturated rings. The fraction of sp³-hybridized carbons (Fsp3) is 0.550. The van der Waals surface area contributed by atoms with Crippen molar-refractivity contribution in [2.24, 2.45) is 5.92 Å². The number of aryl methyl sites for hydroxylation is 1. The Hall–Kier alpha value is -1.48. The van der Waals surface area contributed by atoms with E-state index >= 15 is 0 Å². The van der Waals surface area contributed by atoms with E-state index in [-0.39, 0.29) is 6.42 Å². The zero-order chi connectivity index (χ0) is 16.9. The monoisotopic (exact) mass is 348 g/mol. The Labute approximate surface area is 148 Å². The number of halogens is 1. The Balaban J connectivity index is 1.62. The summed E-state index contributed by atoms with van der Waals surface area (Å²) in [6, 6.07) is 5.59. The molecule has 3 nitrogen and oxygen atoms in total. The predicted octanol–water partition coefficient (Wildman–Crippen LogP) is 5.41. The topological polar surface area (TPSA) is 46.5 Å². The summed E-state index contributed by atoms with van der Waals surface area (Å²) in [5, 5.41) is 9.36. The highest BCUT2D eigenvalue weighted by Gasteiger charge is 2.26. The quantitative estimate of drug-likeness (QED) is 0.670. The van der Waals surface area contributed by atoms with E-state index in [4.69, 9.17) is 21.4 Å². The molecule has 24 heavy (non-hydrogen) atoms. The van der Waals surface area contributed by atoms with Gasteiger partial charge in [0.1, 0.15) is 12.4 Å². The Bertz CT molecular complexity index is 632. The smallest absolute Gasteiger partial charge is 0.303 e. The molecule has 1 saturated carbocycles. The number of aliphatic carboxylic acids is 1. The minimum Gasteiger partial charge on any atom is -0.489 e. The molecule has 0 spiro atoms. The molecular weight excluding hydrogens is 324 g/mol. The zero-order valence-corrected chi connectivity index (χ0v) is 14.8. The SMILES string of the molecule is O=C(O)CCc1ccc(OCC2=C(C3CCC3)CCCC2)cc1Cl. The molecule has 2 aliphatic rings. The van der Waals surface area contributed by atoms with Crippen LogP contribution in [0.25, 0.3) is 0 Å². The van der Waals surface area contributed by atoms with E-state index in [0.29, 0.717) is 18.1 Å². The molecule has 0 unspecified atom stereocenters. The van der Waals surface area contributed by atoms with Gasteiger partial charge in [0.05, 0.1) is 0 Å². The van der Waals surface area contributed by atoms with Crippen molar-refractivity contribution in [1.29, 1.82) is 0 Å². The molecule has 0 aliphatic heterocycles. The summed E-state index contributed by atoms with van der Waals surface area (Å²) in [7, 11) is 0. The summed E-state index contributed by atoms with van der Waals surface area (Å²) < 4.78 is 6.00. The second-order valence-corrected chi connectivity index (χ2v) is 7.31. The Morgan fingerprint density at radius 1 is 1.21 bits per heavy atom. The minimum absolute atomic E-state index is 0.0948. The molecule has 1 N–H and O–H groups in total. The maximum atomic E-state index is 10.7. The van der Waals surface area contributed by atoms with Gasteiger partial charge in [-0.2, -0.15) is 0 Å². The molecule has 4 heteroatoms. The molecule has 1 aromatic carbocycles. The largest absolute Gasteiger partial charge is 0.489 e. The summed E-state index contributed by atoms with van der Waals surface area (Å²) in [6.07, 6.45) is 9.61. The highest BCUT2D eigenvalue weighted by atomic mass is 35.5. The molecular formula is C20H25ClO3. The van der Waals surface area contributed by atoms with E-state index in [1.165, 1.54) is 44.1 Å². The molecule has 0 amide bonds. The number of benzene rings is 1. The van der Waals surface area contributed by atoms with Gasteiger partial charge in [-0.3, -0.25) is 4.79 Å². The molecule has 0 radical (unpaired) electrons. The van der Waals surface area contributed by atoms with Crippen molar-refractivity contribution >= 4 is 17.6 Å². The first-order chi connectivity index (χ1) is 11.6. The van der Waals surface area contributed by atoms with Crippen molar-refractivity contribution in [3.05, 3.63) is 39.9 Å². The van der Waals surface area contributed by atoms with Gasteiger partial charge < -0.3 is 9.84 Å². The van der Waals surface area contributed by atoms with E-state index in [1.807, 2.05) is 18.2 Å². The van der Waals surface area contributed by atoms with Crippen LogP contribution in [0.2, 0.25) is 5.02 Å². The first-order valence-corrected chi connectivity index (χ1v) is 9.35. The van der Waals surface area contributed by atoms with Crippen molar-refractivity contribution in [3.8, 4) is 5.75 Å². The Kier molecular flexibility index (Phi) is 5.83. The molecule has 0 aromatic heterocycles. The predicted molar refractivity (Wildman–Crippen MR) is 95.7 cm³/mol. The van der Waals surface area contributed by atoms with Gasteiger partial charge in [-0.1, -0.05) is 29.7 Å². The van der Waals surface area contributed by atoms with Crippen molar-refractivity contribution < 1.29 is 14.6 Å². The first-order valence-electron chi connectivity index (χ1n) is 8.97. The van der Waals surface area contributed by atoms with Gasteiger partial charge in [0, 0.05) is 11.4 Å². The number of carboxylic acid groups (broad SMARTS) is 1.